The maximum Gasteiger partial charge on any atom is 0.132 e. The van der Waals surface area contributed by atoms with Crippen LogP contribution < -0.4 is 14.5 Å². The van der Waals surface area contributed by atoms with Gasteiger partial charge in [0, 0.05) is 42.2 Å². The lowest BCUT2D eigenvalue weighted by molar-refractivity contribution is -0.890. The molecule has 27 heavy (non-hydrogen) atoms. The van der Waals surface area contributed by atoms with Crippen molar-refractivity contribution in [1.82, 2.24) is 0 Å². The second-order valence-corrected chi connectivity index (χ2v) is 6.81. The molecule has 0 aromatic heterocycles. The van der Waals surface area contributed by atoms with Gasteiger partial charge in [-0.1, -0.05) is 0 Å². The number of ether oxygens (including phenoxy) is 1. The van der Waals surface area contributed by atoms with Crippen molar-refractivity contribution in [1.29, 1.82) is 0 Å². The Morgan fingerprint density at radius 1 is 1.11 bits per heavy atom. The van der Waals surface area contributed by atoms with Crippen LogP contribution in [-0.2, 0) is 0 Å². The predicted octanol–water partition coefficient (Wildman–Crippen LogP) is 2.55. The molecule has 0 bridgehead atoms. The fraction of sp³-hybridized carbons (Fsp3) is 0.409. The van der Waals surface area contributed by atoms with E-state index < -0.39 is 0 Å². The van der Waals surface area contributed by atoms with Gasteiger partial charge in [0.15, 0.2) is 0 Å². The summed E-state index contributed by atoms with van der Waals surface area (Å²) in [7, 11) is 5.92. The highest BCUT2D eigenvalue weighted by molar-refractivity contribution is 5.84. The number of anilines is 1. The zero-order valence-electron chi connectivity index (χ0n) is 17.1. The number of benzene rings is 2. The maximum atomic E-state index is 10.3. The van der Waals surface area contributed by atoms with Gasteiger partial charge in [-0.05, 0) is 50.2 Å². The van der Waals surface area contributed by atoms with E-state index in [-0.39, 0.29) is 11.8 Å². The summed E-state index contributed by atoms with van der Waals surface area (Å²) in [6.45, 7) is 6.70. The molecule has 5 heteroatoms. The molecule has 0 aliphatic carbocycles. The van der Waals surface area contributed by atoms with Gasteiger partial charge in [0.2, 0.25) is 0 Å². The first kappa shape index (κ1) is 20.8. The molecular weight excluding hydrogens is 338 g/mol. The Bertz CT molecular complexity index is 738. The zero-order valence-corrected chi connectivity index (χ0v) is 17.1. The lowest BCUT2D eigenvalue weighted by atomic mass is 10.1. The van der Waals surface area contributed by atoms with Crippen molar-refractivity contribution in [2.75, 3.05) is 45.7 Å². The number of hydrogen-bond donors (Lipinski definition) is 2. The Morgan fingerprint density at radius 3 is 2.30 bits per heavy atom. The molecule has 2 rings (SSSR count). The highest BCUT2D eigenvalue weighted by Gasteiger charge is 2.17. The van der Waals surface area contributed by atoms with Gasteiger partial charge in [-0.25, -0.2) is 0 Å². The number of nitrogens with zero attached hydrogens (tertiary/aromatic N) is 2. The Morgan fingerprint density at radius 2 is 1.78 bits per heavy atom. The molecule has 5 nitrogen and oxygen atoms in total. The molecule has 2 N–H and O–H groups in total. The summed E-state index contributed by atoms with van der Waals surface area (Å²) < 4.78 is 5.24. The van der Waals surface area contributed by atoms with Gasteiger partial charge < -0.3 is 19.6 Å². The normalized spacial score (nSPS) is 12.5. The average Bonchev–Trinajstić information content (AvgIpc) is 2.67. The van der Waals surface area contributed by atoms with E-state index in [2.05, 4.69) is 50.0 Å². The molecule has 0 unspecified atom stereocenters. The van der Waals surface area contributed by atoms with E-state index in [1.165, 1.54) is 10.5 Å². The topological polar surface area (TPSA) is 49.5 Å². The van der Waals surface area contributed by atoms with Crippen LogP contribution >= 0.6 is 0 Å². The van der Waals surface area contributed by atoms with Gasteiger partial charge in [-0.15, -0.1) is 0 Å². The van der Waals surface area contributed by atoms with E-state index >= 15 is 0 Å². The smallest absolute Gasteiger partial charge is 0.132 e. The molecule has 146 valence electrons. The molecule has 2 aromatic carbocycles. The third-order valence-corrected chi connectivity index (χ3v) is 4.88. The van der Waals surface area contributed by atoms with Crippen molar-refractivity contribution in [2.24, 2.45) is 4.99 Å². The number of likely N-dealkylation sites (N-methyl/N-ethyl adjacent to an activating group) is 1. The minimum Gasteiger partial charge on any atom is -0.507 e. The maximum absolute atomic E-state index is 10.3. The molecule has 0 fully saturated rings. The number of methoxy groups -OCH3 is 1. The van der Waals surface area contributed by atoms with Crippen LogP contribution in [0.25, 0.3) is 0 Å². The second kappa shape index (κ2) is 9.97. The molecule has 0 saturated heterocycles. The van der Waals surface area contributed by atoms with Crippen molar-refractivity contribution in [3.63, 3.8) is 0 Å². The van der Waals surface area contributed by atoms with Gasteiger partial charge in [-0.3, -0.25) is 4.99 Å². The van der Waals surface area contributed by atoms with Gasteiger partial charge in [0.05, 0.1) is 27.7 Å². The summed E-state index contributed by atoms with van der Waals surface area (Å²) >= 11 is 0. The highest BCUT2D eigenvalue weighted by Crippen LogP contribution is 2.24. The fourth-order valence-electron chi connectivity index (χ4n) is 3.14. The highest BCUT2D eigenvalue weighted by atomic mass is 16.5. The summed E-state index contributed by atoms with van der Waals surface area (Å²) in [4.78, 5) is 8.12. The number of rotatable bonds is 9. The van der Waals surface area contributed by atoms with Crippen LogP contribution in [0.5, 0.6) is 11.5 Å². The minimum atomic E-state index is 0.240. The SMILES string of the molecule is CCN(CC)c1ccc(C=NC[C@H](c2ccc(OC)cc2)[NH+](C)C)c(O)c1. The summed E-state index contributed by atoms with van der Waals surface area (Å²) in [6, 6.07) is 14.1. The van der Waals surface area contributed by atoms with E-state index in [1.807, 2.05) is 30.3 Å². The van der Waals surface area contributed by atoms with Crippen LogP contribution in [0.2, 0.25) is 0 Å². The Balaban J connectivity index is 2.11. The van der Waals surface area contributed by atoms with Gasteiger partial charge in [-0.2, -0.15) is 0 Å². The van der Waals surface area contributed by atoms with E-state index in [9.17, 15) is 5.11 Å². The first-order valence-corrected chi connectivity index (χ1v) is 9.51. The standard InChI is InChI=1S/C22H31N3O2/c1-6-25(7-2)19-11-8-18(22(26)14-19)15-23-16-21(24(3)4)17-9-12-20(27-5)13-10-17/h8-15,21,26H,6-7,16H2,1-5H3/p+1/t21-/m1/s1. The van der Waals surface area contributed by atoms with Crippen LogP contribution in [0.4, 0.5) is 5.69 Å². The molecule has 0 aliphatic rings. The van der Waals surface area contributed by atoms with E-state index in [4.69, 9.17) is 4.74 Å². The monoisotopic (exact) mass is 370 g/mol. The van der Waals surface area contributed by atoms with Gasteiger partial charge in [0.1, 0.15) is 17.5 Å². The molecule has 0 saturated carbocycles. The summed E-state index contributed by atoms with van der Waals surface area (Å²) in [5.74, 6) is 1.12. The Kier molecular flexibility index (Phi) is 7.67. The summed E-state index contributed by atoms with van der Waals surface area (Å²) in [5.41, 5.74) is 2.99. The Labute approximate surface area is 162 Å². The van der Waals surface area contributed by atoms with Gasteiger partial charge in [0.25, 0.3) is 0 Å². The van der Waals surface area contributed by atoms with E-state index in [0.29, 0.717) is 6.54 Å². The van der Waals surface area contributed by atoms with Crippen molar-refractivity contribution in [3.05, 3.63) is 53.6 Å². The first-order valence-electron chi connectivity index (χ1n) is 9.51. The van der Waals surface area contributed by atoms with Crippen molar-refractivity contribution in [3.8, 4) is 11.5 Å². The van der Waals surface area contributed by atoms with Crippen LogP contribution in [-0.4, -0.2) is 52.2 Å². The number of quaternary nitrogens is 1. The third kappa shape index (κ3) is 5.47. The quantitative estimate of drug-likeness (QED) is 0.667. The van der Waals surface area contributed by atoms with Crippen molar-refractivity contribution >= 4 is 11.9 Å². The number of aromatic hydroxyl groups is 1. The van der Waals surface area contributed by atoms with Crippen molar-refractivity contribution < 1.29 is 14.7 Å². The molecule has 0 amide bonds. The lowest BCUT2D eigenvalue weighted by Crippen LogP contribution is -3.06. The molecule has 0 heterocycles. The number of aliphatic imine (C=N–C) groups is 1. The summed E-state index contributed by atoms with van der Waals surface area (Å²) in [5, 5.41) is 10.3. The predicted molar refractivity (Wildman–Crippen MR) is 113 cm³/mol. The number of phenols is 1. The molecule has 0 radical (unpaired) electrons. The zero-order chi connectivity index (χ0) is 19.8. The molecule has 1 atom stereocenters. The van der Waals surface area contributed by atoms with Crippen LogP contribution in [0.15, 0.2) is 47.5 Å². The van der Waals surface area contributed by atoms with E-state index in [0.717, 1.165) is 30.1 Å². The molecule has 0 aliphatic heterocycles. The molecule has 0 spiro atoms. The minimum absolute atomic E-state index is 0.240. The first-order chi connectivity index (χ1) is 13.0. The third-order valence-electron chi connectivity index (χ3n) is 4.88. The number of nitrogens with one attached hydrogen (secondary N) is 1. The largest absolute Gasteiger partial charge is 0.507 e. The van der Waals surface area contributed by atoms with Crippen LogP contribution in [0, 0.1) is 0 Å². The second-order valence-electron chi connectivity index (χ2n) is 6.81. The van der Waals surface area contributed by atoms with Gasteiger partial charge >= 0.3 is 0 Å². The fourth-order valence-corrected chi connectivity index (χ4v) is 3.14. The van der Waals surface area contributed by atoms with E-state index in [1.54, 1.807) is 13.3 Å². The van der Waals surface area contributed by atoms with Crippen molar-refractivity contribution in [2.45, 2.75) is 19.9 Å². The van der Waals surface area contributed by atoms with Crippen LogP contribution in [0.1, 0.15) is 31.0 Å². The molecular formula is C22H32N3O2+. The molecule has 2 aromatic rings. The van der Waals surface area contributed by atoms with Crippen LogP contribution in [0.3, 0.4) is 0 Å². The lowest BCUT2D eigenvalue weighted by Gasteiger charge is -2.21. The average molecular weight is 371 g/mol. The number of hydrogen-bond acceptors (Lipinski definition) is 4. The Hall–Kier alpha value is -2.53. The summed E-state index contributed by atoms with van der Waals surface area (Å²) in [6.07, 6.45) is 1.76. The number of phenolic OH excluding ortho intramolecular Hbond substituents is 1.